The highest BCUT2D eigenvalue weighted by Crippen LogP contribution is 2.26. The Hall–Kier alpha value is -2.45. The molecule has 0 radical (unpaired) electrons. The van der Waals surface area contributed by atoms with Crippen LogP contribution in [0.25, 0.3) is 11.2 Å². The van der Waals surface area contributed by atoms with Gasteiger partial charge in [-0.25, -0.2) is 18.2 Å². The van der Waals surface area contributed by atoms with Crippen molar-refractivity contribution >= 4 is 21.2 Å². The Kier molecular flexibility index (Phi) is 5.07. The summed E-state index contributed by atoms with van der Waals surface area (Å²) < 4.78 is 29.6. The van der Waals surface area contributed by atoms with Crippen molar-refractivity contribution in [1.82, 2.24) is 18.4 Å². The highest BCUT2D eigenvalue weighted by Gasteiger charge is 2.31. The van der Waals surface area contributed by atoms with E-state index in [1.54, 1.807) is 22.3 Å². The van der Waals surface area contributed by atoms with Crippen LogP contribution < -0.4 is 5.69 Å². The van der Waals surface area contributed by atoms with E-state index in [-0.39, 0.29) is 17.5 Å². The van der Waals surface area contributed by atoms with E-state index in [0.717, 1.165) is 23.9 Å². The third kappa shape index (κ3) is 3.38. The summed E-state index contributed by atoms with van der Waals surface area (Å²) in [6.45, 7) is 2.94. The molecule has 0 N–H and O–H groups in total. The molecule has 0 aliphatic carbocycles. The van der Waals surface area contributed by atoms with Crippen molar-refractivity contribution in [1.29, 1.82) is 0 Å². The first-order valence-corrected chi connectivity index (χ1v) is 11.2. The van der Waals surface area contributed by atoms with Gasteiger partial charge in [-0.15, -0.1) is 0 Å². The molecule has 1 aromatic carbocycles. The number of hydrogen-bond donors (Lipinski definition) is 0. The molecule has 2 aromatic heterocycles. The Morgan fingerprint density at radius 3 is 2.68 bits per heavy atom. The van der Waals surface area contributed by atoms with Crippen molar-refractivity contribution in [2.75, 3.05) is 18.8 Å². The molecule has 148 valence electrons. The van der Waals surface area contributed by atoms with Gasteiger partial charge in [-0.2, -0.15) is 4.31 Å². The minimum absolute atomic E-state index is 0.0721. The molecule has 0 spiro atoms. The number of sulfonamides is 1. The van der Waals surface area contributed by atoms with Crippen LogP contribution in [0.4, 0.5) is 0 Å². The van der Waals surface area contributed by atoms with E-state index in [9.17, 15) is 13.2 Å². The summed E-state index contributed by atoms with van der Waals surface area (Å²) in [5.74, 6) is 0.0721. The summed E-state index contributed by atoms with van der Waals surface area (Å²) in [6, 6.07) is 13.3. The van der Waals surface area contributed by atoms with Crippen LogP contribution in [0.2, 0.25) is 0 Å². The normalized spacial score (nSPS) is 18.5. The number of rotatable bonds is 5. The molecule has 1 saturated heterocycles. The number of benzene rings is 1. The maximum absolute atomic E-state index is 13.3. The first kappa shape index (κ1) is 18.9. The summed E-state index contributed by atoms with van der Waals surface area (Å²) >= 11 is 0. The van der Waals surface area contributed by atoms with Crippen molar-refractivity contribution in [2.45, 2.75) is 32.4 Å². The van der Waals surface area contributed by atoms with E-state index in [4.69, 9.17) is 0 Å². The lowest BCUT2D eigenvalue weighted by Gasteiger charge is -2.32. The summed E-state index contributed by atoms with van der Waals surface area (Å²) in [5, 5.41) is 0. The molecular weight excluding hydrogens is 376 g/mol. The highest BCUT2D eigenvalue weighted by molar-refractivity contribution is 7.89. The number of hydrogen-bond acceptors (Lipinski definition) is 4. The summed E-state index contributed by atoms with van der Waals surface area (Å²) in [7, 11) is -3.28. The number of nitrogens with zero attached hydrogens (tertiary/aromatic N) is 4. The monoisotopic (exact) mass is 400 g/mol. The predicted octanol–water partition coefficient (Wildman–Crippen LogP) is 2.23. The Bertz CT molecular complexity index is 1140. The second-order valence-corrected chi connectivity index (χ2v) is 9.38. The molecular formula is C20H24N4O3S. The van der Waals surface area contributed by atoms with Crippen LogP contribution >= 0.6 is 0 Å². The van der Waals surface area contributed by atoms with Crippen LogP contribution in [0.1, 0.15) is 31.4 Å². The average molecular weight is 401 g/mol. The lowest BCUT2D eigenvalue weighted by Crippen LogP contribution is -2.43. The molecule has 7 nitrogen and oxygen atoms in total. The quantitative estimate of drug-likeness (QED) is 0.658. The van der Waals surface area contributed by atoms with Gasteiger partial charge in [-0.3, -0.25) is 9.13 Å². The minimum Gasteiger partial charge on any atom is -0.286 e. The third-order valence-electron chi connectivity index (χ3n) is 5.39. The van der Waals surface area contributed by atoms with Gasteiger partial charge < -0.3 is 0 Å². The van der Waals surface area contributed by atoms with Crippen LogP contribution in [0.3, 0.4) is 0 Å². The molecule has 1 aliphatic heterocycles. The molecule has 1 atom stereocenters. The van der Waals surface area contributed by atoms with E-state index in [2.05, 4.69) is 4.98 Å². The van der Waals surface area contributed by atoms with Gasteiger partial charge in [0.2, 0.25) is 10.0 Å². The van der Waals surface area contributed by atoms with Crippen molar-refractivity contribution in [3.63, 3.8) is 0 Å². The van der Waals surface area contributed by atoms with Crippen LogP contribution in [0.15, 0.2) is 53.5 Å². The standard InChI is InChI=1S/C20H24N4O3S/c1-2-28(26,27)22-13-7-10-17(15-22)24-19-18(11-6-12-21-19)23(20(24)25)14-16-8-4-3-5-9-16/h3-6,8-9,11-12,17H,2,7,10,13-15H2,1H3/t17-/m0/s1. The second kappa shape index (κ2) is 7.52. The van der Waals surface area contributed by atoms with Gasteiger partial charge in [-0.1, -0.05) is 30.3 Å². The molecule has 0 amide bonds. The maximum atomic E-state index is 13.3. The Balaban J connectivity index is 1.78. The molecule has 4 rings (SSSR count). The van der Waals surface area contributed by atoms with Gasteiger partial charge in [-0.05, 0) is 37.5 Å². The van der Waals surface area contributed by atoms with Crippen LogP contribution in [0.5, 0.6) is 0 Å². The topological polar surface area (TPSA) is 77.2 Å². The molecule has 0 unspecified atom stereocenters. The molecule has 0 saturated carbocycles. The number of fused-ring (bicyclic) bond motifs is 1. The first-order chi connectivity index (χ1) is 13.5. The van der Waals surface area contributed by atoms with Gasteiger partial charge in [0, 0.05) is 19.3 Å². The highest BCUT2D eigenvalue weighted by atomic mass is 32.2. The van der Waals surface area contributed by atoms with Gasteiger partial charge in [0.25, 0.3) is 0 Å². The van der Waals surface area contributed by atoms with Gasteiger partial charge in [0.1, 0.15) is 0 Å². The van der Waals surface area contributed by atoms with Crippen LogP contribution in [-0.2, 0) is 16.6 Å². The van der Waals surface area contributed by atoms with E-state index < -0.39 is 10.0 Å². The summed E-state index contributed by atoms with van der Waals surface area (Å²) in [6.07, 6.45) is 3.17. The van der Waals surface area contributed by atoms with E-state index >= 15 is 0 Å². The zero-order valence-electron chi connectivity index (χ0n) is 15.9. The number of piperidine rings is 1. The maximum Gasteiger partial charge on any atom is 0.330 e. The molecule has 3 heterocycles. The van der Waals surface area contributed by atoms with Crippen LogP contribution in [0, 0.1) is 0 Å². The Morgan fingerprint density at radius 2 is 1.93 bits per heavy atom. The van der Waals surface area contributed by atoms with E-state index in [1.807, 2.05) is 42.5 Å². The van der Waals surface area contributed by atoms with Crippen molar-refractivity contribution in [3.05, 3.63) is 64.7 Å². The smallest absolute Gasteiger partial charge is 0.286 e. The predicted molar refractivity (Wildman–Crippen MR) is 109 cm³/mol. The lowest BCUT2D eigenvalue weighted by atomic mass is 10.1. The molecule has 1 aliphatic rings. The Morgan fingerprint density at radius 1 is 1.14 bits per heavy atom. The number of imidazole rings is 1. The zero-order chi connectivity index (χ0) is 19.7. The van der Waals surface area contributed by atoms with E-state index in [1.165, 1.54) is 4.31 Å². The van der Waals surface area contributed by atoms with Gasteiger partial charge in [0.15, 0.2) is 5.65 Å². The molecule has 0 bridgehead atoms. The molecule has 28 heavy (non-hydrogen) atoms. The lowest BCUT2D eigenvalue weighted by molar-refractivity contribution is 0.265. The van der Waals surface area contributed by atoms with Crippen LogP contribution in [-0.4, -0.2) is 45.7 Å². The molecule has 8 heteroatoms. The minimum atomic E-state index is -3.28. The van der Waals surface area contributed by atoms with Crippen molar-refractivity contribution < 1.29 is 8.42 Å². The van der Waals surface area contributed by atoms with E-state index in [0.29, 0.717) is 25.3 Å². The fourth-order valence-electron chi connectivity index (χ4n) is 3.92. The fourth-order valence-corrected chi connectivity index (χ4v) is 5.09. The van der Waals surface area contributed by atoms with Gasteiger partial charge >= 0.3 is 5.69 Å². The summed E-state index contributed by atoms with van der Waals surface area (Å²) in [4.78, 5) is 17.8. The van der Waals surface area contributed by atoms with Crippen molar-refractivity contribution in [3.8, 4) is 0 Å². The fraction of sp³-hybridized carbons (Fsp3) is 0.400. The largest absolute Gasteiger partial charge is 0.330 e. The average Bonchev–Trinajstić information content (AvgIpc) is 3.00. The number of aromatic nitrogens is 3. The zero-order valence-corrected chi connectivity index (χ0v) is 16.7. The third-order valence-corrected chi connectivity index (χ3v) is 7.24. The SMILES string of the molecule is CCS(=O)(=O)N1CCC[C@H](n2c(=O)n(Cc3ccccc3)c3cccnc32)C1. The second-order valence-electron chi connectivity index (χ2n) is 7.13. The molecule has 3 aromatic rings. The van der Waals surface area contributed by atoms with Gasteiger partial charge in [0.05, 0.1) is 23.9 Å². The first-order valence-electron chi connectivity index (χ1n) is 9.59. The molecule has 1 fully saturated rings. The van der Waals surface area contributed by atoms with Crippen molar-refractivity contribution in [2.24, 2.45) is 0 Å². The Labute approximate surface area is 164 Å². The number of pyridine rings is 1. The summed E-state index contributed by atoms with van der Waals surface area (Å²) in [5.41, 5.74) is 2.28.